The number of nitrogens with zero attached hydrogens (tertiary/aromatic N) is 2. The Bertz CT molecular complexity index is 1300. The van der Waals surface area contributed by atoms with Gasteiger partial charge in [0.1, 0.15) is 6.04 Å². The van der Waals surface area contributed by atoms with Crippen LogP contribution in [0.3, 0.4) is 0 Å². The molecule has 9 heteroatoms. The molecule has 8 nitrogen and oxygen atoms in total. The Morgan fingerprint density at radius 2 is 1.94 bits per heavy atom. The summed E-state index contributed by atoms with van der Waals surface area (Å²) >= 11 is 6.37. The van der Waals surface area contributed by atoms with E-state index in [1.807, 2.05) is 38.1 Å². The van der Waals surface area contributed by atoms with Crippen LogP contribution in [0, 0.1) is 13.8 Å². The van der Waals surface area contributed by atoms with Crippen LogP contribution in [0.4, 0.5) is 17.1 Å². The molecule has 2 heterocycles. The van der Waals surface area contributed by atoms with Gasteiger partial charge in [0.15, 0.2) is 0 Å². The molecule has 0 spiro atoms. The molecule has 1 atom stereocenters. The molecule has 35 heavy (non-hydrogen) atoms. The average molecular weight is 494 g/mol. The summed E-state index contributed by atoms with van der Waals surface area (Å²) < 4.78 is 1.67. The molecule has 1 aromatic heterocycles. The van der Waals surface area contributed by atoms with Crippen molar-refractivity contribution in [3.8, 4) is 0 Å². The van der Waals surface area contributed by atoms with E-state index < -0.39 is 6.04 Å². The van der Waals surface area contributed by atoms with Crippen molar-refractivity contribution in [2.24, 2.45) is 0 Å². The Labute approximate surface area is 209 Å². The summed E-state index contributed by atoms with van der Waals surface area (Å²) in [5.74, 6) is -0.339. The van der Waals surface area contributed by atoms with E-state index in [0.29, 0.717) is 35.7 Å². The number of fused-ring (bicyclic) bond motifs is 1. The highest BCUT2D eigenvalue weighted by Crippen LogP contribution is 2.27. The van der Waals surface area contributed by atoms with Crippen molar-refractivity contribution >= 4 is 46.4 Å². The number of hydrogen-bond donors (Lipinski definition) is 3. The van der Waals surface area contributed by atoms with Crippen LogP contribution in [-0.4, -0.2) is 27.5 Å². The summed E-state index contributed by atoms with van der Waals surface area (Å²) in [6.45, 7) is 5.56. The highest BCUT2D eigenvalue weighted by molar-refractivity contribution is 6.34. The fourth-order valence-electron chi connectivity index (χ4n) is 4.20. The first-order valence-electron chi connectivity index (χ1n) is 11.5. The van der Waals surface area contributed by atoms with Crippen LogP contribution in [0.1, 0.15) is 48.3 Å². The lowest BCUT2D eigenvalue weighted by atomic mass is 10.0. The zero-order valence-corrected chi connectivity index (χ0v) is 20.7. The van der Waals surface area contributed by atoms with Crippen LogP contribution < -0.4 is 16.0 Å². The summed E-state index contributed by atoms with van der Waals surface area (Å²) in [5.41, 5.74) is 5.75. The van der Waals surface area contributed by atoms with Gasteiger partial charge in [-0.05, 0) is 75.1 Å². The van der Waals surface area contributed by atoms with Gasteiger partial charge in [0, 0.05) is 23.5 Å². The molecule has 1 unspecified atom stereocenters. The number of amides is 3. The van der Waals surface area contributed by atoms with Crippen LogP contribution in [0.15, 0.2) is 42.5 Å². The minimum atomic E-state index is -0.499. The minimum Gasteiger partial charge on any atom is -0.326 e. The molecular formula is C26H28ClN5O3. The van der Waals surface area contributed by atoms with Gasteiger partial charge in [-0.2, -0.15) is 5.10 Å². The van der Waals surface area contributed by atoms with Gasteiger partial charge in [0.25, 0.3) is 0 Å². The Kier molecular flexibility index (Phi) is 7.21. The third-order valence-corrected chi connectivity index (χ3v) is 6.28. The first kappa shape index (κ1) is 24.5. The maximum absolute atomic E-state index is 12.7. The van der Waals surface area contributed by atoms with Crippen molar-refractivity contribution in [3.63, 3.8) is 0 Å². The molecule has 3 aromatic rings. The number of aromatic nitrogens is 2. The Morgan fingerprint density at radius 1 is 1.14 bits per heavy atom. The summed E-state index contributed by atoms with van der Waals surface area (Å²) in [6.07, 6.45) is 2.18. The van der Waals surface area contributed by atoms with Crippen LogP contribution in [0.5, 0.6) is 0 Å². The van der Waals surface area contributed by atoms with Gasteiger partial charge in [0.05, 0.1) is 22.8 Å². The molecule has 4 rings (SSSR count). The fraction of sp³-hybridized carbons (Fsp3) is 0.308. The molecule has 3 amide bonds. The molecule has 0 saturated heterocycles. The SMILES string of the molecule is Cc1cc(C)n(C(C)C(=O)Nc2ccc(NC(=O)CCCc3ccc4c(c3)CC(=O)N4)cc2Cl)n1. The molecule has 2 aromatic carbocycles. The molecule has 0 saturated carbocycles. The van der Waals surface area contributed by atoms with E-state index in [1.54, 1.807) is 29.8 Å². The van der Waals surface area contributed by atoms with Gasteiger partial charge in [-0.3, -0.25) is 19.1 Å². The van der Waals surface area contributed by atoms with E-state index in [2.05, 4.69) is 21.0 Å². The first-order valence-corrected chi connectivity index (χ1v) is 11.9. The number of carbonyl (C=O) groups excluding carboxylic acids is 3. The van der Waals surface area contributed by atoms with Gasteiger partial charge in [-0.1, -0.05) is 23.7 Å². The molecule has 0 bridgehead atoms. The van der Waals surface area contributed by atoms with Crippen molar-refractivity contribution in [2.45, 2.75) is 52.5 Å². The van der Waals surface area contributed by atoms with Gasteiger partial charge in [-0.25, -0.2) is 0 Å². The van der Waals surface area contributed by atoms with Gasteiger partial charge >= 0.3 is 0 Å². The second-order valence-corrected chi connectivity index (χ2v) is 9.26. The van der Waals surface area contributed by atoms with Gasteiger partial charge < -0.3 is 16.0 Å². The molecule has 1 aliphatic heterocycles. The molecule has 1 aliphatic rings. The molecule has 0 fully saturated rings. The summed E-state index contributed by atoms with van der Waals surface area (Å²) in [6, 6.07) is 12.3. The highest BCUT2D eigenvalue weighted by atomic mass is 35.5. The molecular weight excluding hydrogens is 466 g/mol. The third-order valence-electron chi connectivity index (χ3n) is 5.97. The average Bonchev–Trinajstić information content (AvgIpc) is 3.34. The molecule has 0 aliphatic carbocycles. The molecule has 0 radical (unpaired) electrons. The number of nitrogens with one attached hydrogen (secondary N) is 3. The van der Waals surface area contributed by atoms with Crippen LogP contribution in [-0.2, 0) is 27.2 Å². The Balaban J connectivity index is 1.28. The van der Waals surface area contributed by atoms with E-state index in [0.717, 1.165) is 34.6 Å². The summed E-state index contributed by atoms with van der Waals surface area (Å²) in [5, 5.41) is 13.2. The number of halogens is 1. The fourth-order valence-corrected chi connectivity index (χ4v) is 4.42. The second-order valence-electron chi connectivity index (χ2n) is 8.85. The largest absolute Gasteiger partial charge is 0.326 e. The van der Waals surface area contributed by atoms with Crippen molar-refractivity contribution in [2.75, 3.05) is 16.0 Å². The lowest BCUT2D eigenvalue weighted by Crippen LogP contribution is -2.25. The maximum Gasteiger partial charge on any atom is 0.248 e. The number of rotatable bonds is 8. The van der Waals surface area contributed by atoms with Crippen LogP contribution >= 0.6 is 11.6 Å². The topological polar surface area (TPSA) is 105 Å². The molecule has 3 N–H and O–H groups in total. The van der Waals surface area contributed by atoms with E-state index >= 15 is 0 Å². The predicted octanol–water partition coefficient (Wildman–Crippen LogP) is 4.81. The van der Waals surface area contributed by atoms with E-state index in [9.17, 15) is 14.4 Å². The van der Waals surface area contributed by atoms with Gasteiger partial charge in [0.2, 0.25) is 17.7 Å². The minimum absolute atomic E-state index is 0.0124. The van der Waals surface area contributed by atoms with Crippen molar-refractivity contribution < 1.29 is 14.4 Å². The zero-order chi connectivity index (χ0) is 25.1. The van der Waals surface area contributed by atoms with Crippen molar-refractivity contribution in [1.29, 1.82) is 0 Å². The smallest absolute Gasteiger partial charge is 0.248 e. The number of anilines is 3. The Morgan fingerprint density at radius 3 is 2.66 bits per heavy atom. The third kappa shape index (κ3) is 5.89. The number of benzene rings is 2. The lowest BCUT2D eigenvalue weighted by Gasteiger charge is -2.16. The van der Waals surface area contributed by atoms with E-state index in [4.69, 9.17) is 11.6 Å². The summed E-state index contributed by atoms with van der Waals surface area (Å²) in [4.78, 5) is 36.6. The number of aryl methyl sites for hydroxylation is 3. The standard InChI is InChI=1S/C26H28ClN5O3/c1-15-11-16(2)32(31-15)17(3)26(35)30-23-10-8-20(14-21(23)27)28-24(33)6-4-5-18-7-9-22-19(12-18)13-25(34)29-22/h7-12,14,17H,4-6,13H2,1-3H3,(H,28,33)(H,29,34)(H,30,35). The predicted molar refractivity (Wildman–Crippen MR) is 137 cm³/mol. The van der Waals surface area contributed by atoms with Crippen LogP contribution in [0.2, 0.25) is 5.02 Å². The first-order chi connectivity index (χ1) is 16.7. The zero-order valence-electron chi connectivity index (χ0n) is 19.9. The highest BCUT2D eigenvalue weighted by Gasteiger charge is 2.19. The Hall–Kier alpha value is -3.65. The number of hydrogen-bond acceptors (Lipinski definition) is 4. The quantitative estimate of drug-likeness (QED) is 0.418. The van der Waals surface area contributed by atoms with E-state index in [1.165, 1.54) is 0 Å². The van der Waals surface area contributed by atoms with Gasteiger partial charge in [-0.15, -0.1) is 0 Å². The second kappa shape index (κ2) is 10.3. The monoisotopic (exact) mass is 493 g/mol. The molecule has 182 valence electrons. The van der Waals surface area contributed by atoms with Crippen molar-refractivity contribution in [3.05, 3.63) is 70.0 Å². The normalized spacial score (nSPS) is 13.2. The van der Waals surface area contributed by atoms with Crippen molar-refractivity contribution in [1.82, 2.24) is 9.78 Å². The maximum atomic E-state index is 12.7. The lowest BCUT2D eigenvalue weighted by molar-refractivity contribution is -0.119. The van der Waals surface area contributed by atoms with Crippen LogP contribution in [0.25, 0.3) is 0 Å². The van der Waals surface area contributed by atoms with E-state index in [-0.39, 0.29) is 17.7 Å². The number of carbonyl (C=O) groups is 3. The summed E-state index contributed by atoms with van der Waals surface area (Å²) in [7, 11) is 0.